The maximum absolute atomic E-state index is 11.5. The summed E-state index contributed by atoms with van der Waals surface area (Å²) < 4.78 is 45.6. The van der Waals surface area contributed by atoms with E-state index >= 15 is 0 Å². The van der Waals surface area contributed by atoms with Crippen molar-refractivity contribution in [3.63, 3.8) is 0 Å². The van der Waals surface area contributed by atoms with Gasteiger partial charge in [-0.05, 0) is 12.1 Å². The first-order valence-electron chi connectivity index (χ1n) is 5.45. The summed E-state index contributed by atoms with van der Waals surface area (Å²) in [5, 5.41) is 4.06. The fraction of sp³-hybridized carbons (Fsp3) is 0.273. The molecule has 1 aromatic rings. The van der Waals surface area contributed by atoms with Crippen LogP contribution in [-0.4, -0.2) is 34.9 Å². The van der Waals surface area contributed by atoms with Crippen LogP contribution in [0.15, 0.2) is 34.6 Å². The van der Waals surface area contributed by atoms with E-state index in [4.69, 9.17) is 5.73 Å². The van der Waals surface area contributed by atoms with Crippen LogP contribution < -0.4 is 11.1 Å². The topological polar surface area (TPSA) is 106 Å². The monoisotopic (exact) mass is 302 g/mol. The molecule has 0 amide bonds. The first kappa shape index (κ1) is 13.9. The quantitative estimate of drug-likeness (QED) is 0.783. The lowest BCUT2D eigenvalue weighted by molar-refractivity contribution is 0.601. The average molecular weight is 302 g/mol. The Labute approximate surface area is 112 Å². The Morgan fingerprint density at radius 1 is 1.37 bits per heavy atom. The van der Waals surface area contributed by atoms with Gasteiger partial charge in [0.2, 0.25) is 0 Å². The van der Waals surface area contributed by atoms with E-state index in [1.807, 2.05) is 0 Å². The van der Waals surface area contributed by atoms with Crippen molar-refractivity contribution in [2.75, 3.05) is 23.1 Å². The van der Waals surface area contributed by atoms with E-state index in [0.29, 0.717) is 5.69 Å². The number of para-hydroxylation sites is 1. The van der Waals surface area contributed by atoms with Gasteiger partial charge in [0.25, 0.3) is 0 Å². The van der Waals surface area contributed by atoms with E-state index in [1.54, 1.807) is 12.1 Å². The SMILES string of the molecule is CS(=O)(=O)c1cccc(NC2C=CS(=O)(=O)C2)c1N. The molecule has 19 heavy (non-hydrogen) atoms. The zero-order valence-electron chi connectivity index (χ0n) is 10.2. The van der Waals surface area contributed by atoms with Crippen molar-refractivity contribution in [1.82, 2.24) is 0 Å². The molecule has 1 heterocycles. The summed E-state index contributed by atoms with van der Waals surface area (Å²) in [5.41, 5.74) is 6.31. The Kier molecular flexibility index (Phi) is 3.31. The normalized spacial score (nSPS) is 21.4. The Bertz CT molecular complexity index is 736. The van der Waals surface area contributed by atoms with Gasteiger partial charge in [0.05, 0.1) is 28.1 Å². The molecular weight excluding hydrogens is 288 g/mol. The fourth-order valence-electron chi connectivity index (χ4n) is 1.86. The standard InChI is InChI=1S/C11H14N2O4S2/c1-18(14,15)10-4-2-3-9(11(10)12)13-8-5-6-19(16,17)7-8/h2-6,8,13H,7,12H2,1H3. The average Bonchev–Trinajstić information content (AvgIpc) is 2.59. The molecule has 1 atom stereocenters. The van der Waals surface area contributed by atoms with Crippen LogP contribution in [-0.2, 0) is 19.7 Å². The Morgan fingerprint density at radius 2 is 2.05 bits per heavy atom. The minimum Gasteiger partial charge on any atom is -0.396 e. The molecule has 1 aliphatic rings. The predicted octanol–water partition coefficient (Wildman–Crippen LogP) is 0.395. The molecule has 6 nitrogen and oxygen atoms in total. The fourth-order valence-corrected chi connectivity index (χ4v) is 3.93. The lowest BCUT2D eigenvalue weighted by Gasteiger charge is -2.15. The van der Waals surface area contributed by atoms with Gasteiger partial charge in [-0.25, -0.2) is 16.8 Å². The number of sulfone groups is 2. The molecule has 0 fully saturated rings. The highest BCUT2D eigenvalue weighted by atomic mass is 32.2. The summed E-state index contributed by atoms with van der Waals surface area (Å²) in [4.78, 5) is 0.0299. The molecule has 1 unspecified atom stereocenters. The van der Waals surface area contributed by atoms with E-state index in [2.05, 4.69) is 5.32 Å². The van der Waals surface area contributed by atoms with Crippen LogP contribution >= 0.6 is 0 Å². The number of nitrogen functional groups attached to an aromatic ring is 1. The number of benzene rings is 1. The molecule has 0 saturated heterocycles. The van der Waals surface area contributed by atoms with Crippen molar-refractivity contribution in [3.8, 4) is 0 Å². The van der Waals surface area contributed by atoms with E-state index in [1.165, 1.54) is 12.1 Å². The Hall–Kier alpha value is -1.54. The summed E-state index contributed by atoms with van der Waals surface area (Å²) in [6.45, 7) is 0. The third kappa shape index (κ3) is 3.07. The third-order valence-electron chi connectivity index (χ3n) is 2.74. The van der Waals surface area contributed by atoms with Gasteiger partial charge in [-0.1, -0.05) is 12.1 Å². The lowest BCUT2D eigenvalue weighted by atomic mass is 10.2. The summed E-state index contributed by atoms with van der Waals surface area (Å²) in [6.07, 6.45) is 2.59. The van der Waals surface area contributed by atoms with Crippen LogP contribution in [0.25, 0.3) is 0 Å². The number of rotatable bonds is 3. The van der Waals surface area contributed by atoms with E-state index < -0.39 is 25.7 Å². The first-order chi connectivity index (χ1) is 8.69. The molecule has 8 heteroatoms. The van der Waals surface area contributed by atoms with Gasteiger partial charge in [0.1, 0.15) is 0 Å². The van der Waals surface area contributed by atoms with Crippen molar-refractivity contribution in [2.45, 2.75) is 10.9 Å². The van der Waals surface area contributed by atoms with Crippen molar-refractivity contribution in [2.24, 2.45) is 0 Å². The number of hydrogen-bond acceptors (Lipinski definition) is 6. The van der Waals surface area contributed by atoms with Gasteiger partial charge in [-0.3, -0.25) is 0 Å². The molecule has 2 rings (SSSR count). The van der Waals surface area contributed by atoms with Crippen molar-refractivity contribution < 1.29 is 16.8 Å². The lowest BCUT2D eigenvalue weighted by Crippen LogP contribution is -2.22. The van der Waals surface area contributed by atoms with Gasteiger partial charge in [0.15, 0.2) is 19.7 Å². The second kappa shape index (κ2) is 4.53. The van der Waals surface area contributed by atoms with Crippen LogP contribution in [0.5, 0.6) is 0 Å². The maximum Gasteiger partial charge on any atom is 0.177 e. The largest absolute Gasteiger partial charge is 0.396 e. The van der Waals surface area contributed by atoms with Crippen LogP contribution in [0.2, 0.25) is 0 Å². The molecule has 0 aromatic heterocycles. The number of nitrogens with two attached hydrogens (primary N) is 1. The predicted molar refractivity (Wildman–Crippen MR) is 74.3 cm³/mol. The highest BCUT2D eigenvalue weighted by Gasteiger charge is 2.23. The second-order valence-electron chi connectivity index (χ2n) is 4.40. The highest BCUT2D eigenvalue weighted by molar-refractivity contribution is 7.94. The maximum atomic E-state index is 11.5. The van der Waals surface area contributed by atoms with E-state index in [0.717, 1.165) is 11.7 Å². The van der Waals surface area contributed by atoms with Gasteiger partial charge >= 0.3 is 0 Å². The van der Waals surface area contributed by atoms with Gasteiger partial charge < -0.3 is 11.1 Å². The van der Waals surface area contributed by atoms with Crippen LogP contribution in [0.3, 0.4) is 0 Å². The van der Waals surface area contributed by atoms with Crippen molar-refractivity contribution in [1.29, 1.82) is 0 Å². The van der Waals surface area contributed by atoms with Crippen LogP contribution in [0.1, 0.15) is 0 Å². The van der Waals surface area contributed by atoms with Gasteiger partial charge in [-0.2, -0.15) is 0 Å². The van der Waals surface area contributed by atoms with Gasteiger partial charge in [0, 0.05) is 11.7 Å². The molecule has 3 N–H and O–H groups in total. The molecule has 1 aromatic carbocycles. The molecule has 0 bridgehead atoms. The summed E-state index contributed by atoms with van der Waals surface area (Å²) in [7, 11) is -6.58. The first-order valence-corrected chi connectivity index (χ1v) is 9.06. The van der Waals surface area contributed by atoms with Crippen molar-refractivity contribution in [3.05, 3.63) is 29.7 Å². The summed E-state index contributed by atoms with van der Waals surface area (Å²) in [6, 6.07) is 4.18. The Balaban J connectivity index is 2.31. The minimum atomic E-state index is -3.41. The van der Waals surface area contributed by atoms with E-state index in [9.17, 15) is 16.8 Å². The molecule has 0 radical (unpaired) electrons. The third-order valence-corrected chi connectivity index (χ3v) is 5.29. The van der Waals surface area contributed by atoms with Crippen molar-refractivity contribution >= 4 is 31.0 Å². The van der Waals surface area contributed by atoms with Crippen LogP contribution in [0.4, 0.5) is 11.4 Å². The zero-order valence-corrected chi connectivity index (χ0v) is 11.8. The van der Waals surface area contributed by atoms with Gasteiger partial charge in [-0.15, -0.1) is 0 Å². The Morgan fingerprint density at radius 3 is 2.58 bits per heavy atom. The summed E-state index contributed by atoms with van der Waals surface area (Å²) >= 11 is 0. The molecule has 0 spiro atoms. The highest BCUT2D eigenvalue weighted by Crippen LogP contribution is 2.28. The number of hydrogen-bond donors (Lipinski definition) is 2. The molecular formula is C11H14N2O4S2. The number of anilines is 2. The molecule has 0 saturated carbocycles. The summed E-state index contributed by atoms with van der Waals surface area (Å²) in [5.74, 6) is -0.0600. The zero-order chi connectivity index (χ0) is 14.3. The number of nitrogens with one attached hydrogen (secondary N) is 1. The smallest absolute Gasteiger partial charge is 0.177 e. The molecule has 0 aliphatic carbocycles. The van der Waals surface area contributed by atoms with E-state index in [-0.39, 0.29) is 16.3 Å². The van der Waals surface area contributed by atoms with Crippen LogP contribution in [0, 0.1) is 0 Å². The molecule has 104 valence electrons. The molecule has 1 aliphatic heterocycles. The minimum absolute atomic E-state index is 0.0299. The second-order valence-corrected chi connectivity index (χ2v) is 8.31.